The highest BCUT2D eigenvalue weighted by atomic mass is 79.9. The predicted octanol–water partition coefficient (Wildman–Crippen LogP) is 7.45. The summed E-state index contributed by atoms with van der Waals surface area (Å²) in [5.41, 5.74) is 6.25. The number of nitrogens with one attached hydrogen (secondary N) is 1. The number of halogens is 2. The molecule has 0 aliphatic heterocycles. The predicted molar refractivity (Wildman–Crippen MR) is 155 cm³/mol. The minimum Gasteiger partial charge on any atom is -0.490 e. The minimum absolute atomic E-state index is 0.213. The first-order valence-corrected chi connectivity index (χ1v) is 14.3. The van der Waals surface area contributed by atoms with Crippen molar-refractivity contribution >= 4 is 62.8 Å². The molecule has 0 fully saturated rings. The Kier molecular flexibility index (Phi) is 10.0. The van der Waals surface area contributed by atoms with Crippen LogP contribution in [-0.4, -0.2) is 29.5 Å². The highest BCUT2D eigenvalue weighted by Gasteiger charge is 2.13. The van der Waals surface area contributed by atoms with Gasteiger partial charge in [-0.1, -0.05) is 65.8 Å². The molecular formula is C27H23BrClN3O3S2. The molecule has 1 heterocycles. The molecule has 6 nitrogen and oxygen atoms in total. The Morgan fingerprint density at radius 2 is 1.95 bits per heavy atom. The lowest BCUT2D eigenvalue weighted by atomic mass is 10.2. The molecule has 0 saturated carbocycles. The molecule has 1 N–H and O–H groups in total. The summed E-state index contributed by atoms with van der Waals surface area (Å²) in [5, 5.41) is 6.76. The number of rotatable bonds is 11. The van der Waals surface area contributed by atoms with Crippen LogP contribution in [0, 0.1) is 0 Å². The van der Waals surface area contributed by atoms with Crippen molar-refractivity contribution in [2.45, 2.75) is 17.9 Å². The Balaban J connectivity index is 1.32. The lowest BCUT2D eigenvalue weighted by Gasteiger charge is -2.14. The van der Waals surface area contributed by atoms with Crippen LogP contribution in [0.1, 0.15) is 18.1 Å². The minimum atomic E-state index is -0.218. The quantitative estimate of drug-likeness (QED) is 0.108. The number of amides is 1. The third kappa shape index (κ3) is 8.07. The summed E-state index contributed by atoms with van der Waals surface area (Å²) in [6.45, 7) is 2.74. The maximum Gasteiger partial charge on any atom is 0.250 e. The van der Waals surface area contributed by atoms with Crippen LogP contribution in [0.5, 0.6) is 11.5 Å². The fraction of sp³-hybridized carbons (Fsp3) is 0.148. The Morgan fingerprint density at radius 1 is 1.16 bits per heavy atom. The molecular weight excluding hydrogens is 594 g/mol. The van der Waals surface area contributed by atoms with E-state index in [0.717, 1.165) is 26.7 Å². The van der Waals surface area contributed by atoms with Gasteiger partial charge in [-0.05, 0) is 58.2 Å². The molecule has 0 aliphatic rings. The van der Waals surface area contributed by atoms with E-state index >= 15 is 0 Å². The number of carbonyl (C=O) groups is 1. The monoisotopic (exact) mass is 615 g/mol. The number of thiazole rings is 1. The van der Waals surface area contributed by atoms with Gasteiger partial charge in [-0.25, -0.2) is 10.4 Å². The molecule has 0 spiro atoms. The molecule has 0 saturated heterocycles. The molecule has 3 aromatic carbocycles. The van der Waals surface area contributed by atoms with E-state index in [4.69, 9.17) is 21.1 Å². The Hall–Kier alpha value is -2.85. The van der Waals surface area contributed by atoms with Crippen LogP contribution in [0.2, 0.25) is 5.02 Å². The number of benzene rings is 3. The number of hydrogen-bond acceptors (Lipinski definition) is 7. The van der Waals surface area contributed by atoms with Gasteiger partial charge in [0, 0.05) is 16.0 Å². The zero-order valence-electron chi connectivity index (χ0n) is 19.8. The second-order valence-corrected chi connectivity index (χ2v) is 11.0. The van der Waals surface area contributed by atoms with Crippen LogP contribution < -0.4 is 14.9 Å². The van der Waals surface area contributed by atoms with Gasteiger partial charge in [-0.3, -0.25) is 4.79 Å². The van der Waals surface area contributed by atoms with Crippen LogP contribution in [-0.2, 0) is 11.4 Å². The van der Waals surface area contributed by atoms with Gasteiger partial charge in [-0.2, -0.15) is 5.10 Å². The largest absolute Gasteiger partial charge is 0.490 e. The summed E-state index contributed by atoms with van der Waals surface area (Å²) in [6.07, 6.45) is 1.57. The van der Waals surface area contributed by atoms with Crippen LogP contribution in [0.25, 0.3) is 11.3 Å². The van der Waals surface area contributed by atoms with E-state index in [0.29, 0.717) is 34.2 Å². The van der Waals surface area contributed by atoms with Gasteiger partial charge >= 0.3 is 0 Å². The first-order valence-electron chi connectivity index (χ1n) is 11.3. The van der Waals surface area contributed by atoms with Crippen molar-refractivity contribution in [3.05, 3.63) is 92.7 Å². The second-order valence-electron chi connectivity index (χ2n) is 7.62. The third-order valence-electron chi connectivity index (χ3n) is 4.91. The van der Waals surface area contributed by atoms with Crippen LogP contribution in [0.3, 0.4) is 0 Å². The van der Waals surface area contributed by atoms with Gasteiger partial charge in [0.15, 0.2) is 15.8 Å². The van der Waals surface area contributed by atoms with Crippen molar-refractivity contribution in [2.24, 2.45) is 5.10 Å². The number of hydrazone groups is 1. The smallest absolute Gasteiger partial charge is 0.250 e. The van der Waals surface area contributed by atoms with Crippen molar-refractivity contribution < 1.29 is 14.3 Å². The first-order chi connectivity index (χ1) is 18.0. The Labute approximate surface area is 237 Å². The first kappa shape index (κ1) is 27.2. The maximum absolute atomic E-state index is 12.3. The van der Waals surface area contributed by atoms with Gasteiger partial charge < -0.3 is 9.47 Å². The molecule has 0 aliphatic carbocycles. The lowest BCUT2D eigenvalue weighted by Crippen LogP contribution is -2.19. The number of hydrogen-bond donors (Lipinski definition) is 1. The number of nitrogens with zero attached hydrogens (tertiary/aromatic N) is 2. The summed E-state index contributed by atoms with van der Waals surface area (Å²) >= 11 is 12.4. The van der Waals surface area contributed by atoms with Gasteiger partial charge in [0.2, 0.25) is 0 Å². The number of carbonyl (C=O) groups excluding carboxylic acids is 1. The van der Waals surface area contributed by atoms with E-state index in [2.05, 4.69) is 31.4 Å². The topological polar surface area (TPSA) is 72.8 Å². The van der Waals surface area contributed by atoms with Crippen molar-refractivity contribution in [2.75, 3.05) is 12.4 Å². The van der Waals surface area contributed by atoms with E-state index in [1.807, 2.05) is 79.0 Å². The summed E-state index contributed by atoms with van der Waals surface area (Å²) in [4.78, 5) is 16.9. The summed E-state index contributed by atoms with van der Waals surface area (Å²) < 4.78 is 13.3. The van der Waals surface area contributed by atoms with Gasteiger partial charge in [0.25, 0.3) is 5.91 Å². The maximum atomic E-state index is 12.3. The molecule has 1 amide bonds. The fourth-order valence-electron chi connectivity index (χ4n) is 3.21. The molecule has 0 atom stereocenters. The third-order valence-corrected chi connectivity index (χ3v) is 7.77. The molecule has 1 aromatic heterocycles. The average molecular weight is 617 g/mol. The van der Waals surface area contributed by atoms with E-state index in [1.165, 1.54) is 23.1 Å². The van der Waals surface area contributed by atoms with Crippen LogP contribution >= 0.6 is 50.6 Å². The van der Waals surface area contributed by atoms with Crippen molar-refractivity contribution in [1.82, 2.24) is 10.4 Å². The van der Waals surface area contributed by atoms with Crippen LogP contribution in [0.4, 0.5) is 0 Å². The standard InChI is InChI=1S/C27H23BrClN3O3S2/c1-2-34-24-13-19(12-22(28)26(24)35-15-18-8-10-21(29)11-9-18)14-30-32-25(33)17-37-27-31-23(16-36-27)20-6-4-3-5-7-20/h3-14,16H,2,15,17H2,1H3,(H,32,33)/b30-14+. The summed E-state index contributed by atoms with van der Waals surface area (Å²) in [6, 6.07) is 21.1. The zero-order chi connectivity index (χ0) is 26.0. The number of thioether (sulfide) groups is 1. The zero-order valence-corrected chi connectivity index (χ0v) is 23.8. The van der Waals surface area contributed by atoms with Crippen LogP contribution in [0.15, 0.2) is 86.0 Å². The molecule has 4 rings (SSSR count). The van der Waals surface area contributed by atoms with E-state index < -0.39 is 0 Å². The number of ether oxygens (including phenoxy) is 2. The molecule has 10 heteroatoms. The molecule has 190 valence electrons. The Bertz CT molecular complexity index is 1370. The van der Waals surface area contributed by atoms with E-state index in [-0.39, 0.29) is 11.7 Å². The summed E-state index contributed by atoms with van der Waals surface area (Å²) in [5.74, 6) is 1.16. The van der Waals surface area contributed by atoms with Crippen molar-refractivity contribution in [3.63, 3.8) is 0 Å². The fourth-order valence-corrected chi connectivity index (χ4v) is 5.53. The highest BCUT2D eigenvalue weighted by molar-refractivity contribution is 9.10. The lowest BCUT2D eigenvalue weighted by molar-refractivity contribution is -0.118. The average Bonchev–Trinajstić information content (AvgIpc) is 3.38. The van der Waals surface area contributed by atoms with Crippen molar-refractivity contribution in [3.8, 4) is 22.8 Å². The second kappa shape index (κ2) is 13.6. The molecule has 37 heavy (non-hydrogen) atoms. The van der Waals surface area contributed by atoms with E-state index in [1.54, 1.807) is 6.21 Å². The van der Waals surface area contributed by atoms with E-state index in [9.17, 15) is 4.79 Å². The highest BCUT2D eigenvalue weighted by Crippen LogP contribution is 2.37. The van der Waals surface area contributed by atoms with Gasteiger partial charge in [-0.15, -0.1) is 11.3 Å². The molecule has 0 radical (unpaired) electrons. The summed E-state index contributed by atoms with van der Waals surface area (Å²) in [7, 11) is 0. The van der Waals surface area contributed by atoms with Crippen molar-refractivity contribution in [1.29, 1.82) is 0 Å². The molecule has 4 aromatic rings. The normalized spacial score (nSPS) is 11.0. The Morgan fingerprint density at radius 3 is 2.70 bits per heavy atom. The SMILES string of the molecule is CCOc1cc(/C=N/NC(=O)CSc2nc(-c3ccccc3)cs2)cc(Br)c1OCc1ccc(Cl)cc1. The van der Waals surface area contributed by atoms with Gasteiger partial charge in [0.05, 0.1) is 28.7 Å². The van der Waals surface area contributed by atoms with Gasteiger partial charge in [0.1, 0.15) is 6.61 Å². The molecule has 0 bridgehead atoms. The molecule has 0 unspecified atom stereocenters. The number of aromatic nitrogens is 1.